The van der Waals surface area contributed by atoms with Crippen LogP contribution in [0.3, 0.4) is 0 Å². The maximum atomic E-state index is 8.68. The topological polar surface area (TPSA) is 3.24 Å². The average Bonchev–Trinajstić information content (AvgIpc) is 3.69. The number of benzene rings is 10. The summed E-state index contributed by atoms with van der Waals surface area (Å²) in [6.07, 6.45) is 0. The first-order valence-electron chi connectivity index (χ1n) is 23.5. The molecule has 0 unspecified atom stereocenters. The zero-order valence-electron chi connectivity index (χ0n) is 38.9. The standard InChI is InChI=1S/C61H43N/c1-6-18-44(19-7-1)47-30-35-54(36-31-47)62(56-41-50(45-20-8-2-9-21-45)40-51(42-56)46-22-10-3-11-23-46)55-37-32-48(33-38-55)49-34-39-58-57-28-16-17-29-59(57)61(60(58)43-49,52-24-12-4-13-25-52)53-26-14-5-15-27-53/h1-43H/i1D,6D,7D,18D,19D. The molecule has 0 saturated heterocycles. The second-order valence-corrected chi connectivity index (χ2v) is 15.7. The van der Waals surface area contributed by atoms with Gasteiger partial charge in [-0.25, -0.2) is 0 Å². The van der Waals surface area contributed by atoms with E-state index >= 15 is 0 Å². The van der Waals surface area contributed by atoms with Gasteiger partial charge in [0.25, 0.3) is 0 Å². The van der Waals surface area contributed by atoms with Crippen molar-refractivity contribution >= 4 is 17.1 Å². The van der Waals surface area contributed by atoms with Crippen molar-refractivity contribution in [2.24, 2.45) is 0 Å². The number of hydrogen-bond acceptors (Lipinski definition) is 1. The molecule has 10 aromatic carbocycles. The van der Waals surface area contributed by atoms with Crippen molar-refractivity contribution in [3.05, 3.63) is 283 Å². The molecule has 1 heteroatoms. The molecule has 0 atom stereocenters. The van der Waals surface area contributed by atoms with Crippen LogP contribution in [0.5, 0.6) is 0 Å². The first-order chi connectivity index (χ1) is 32.8. The predicted molar refractivity (Wildman–Crippen MR) is 260 cm³/mol. The SMILES string of the molecule is [2H]c1c([2H])c([2H])c(-c2ccc(N(c3ccc(-c4ccc5c(c4)C(c4ccccc4)(c4ccccc4)c4ccccc4-5)cc3)c3cc(-c4ccccc4)cc(-c4ccccc4)c3)cc2)c([2H])c1[2H]. The number of fused-ring (bicyclic) bond motifs is 3. The van der Waals surface area contributed by atoms with Gasteiger partial charge in [-0.3, -0.25) is 0 Å². The molecule has 11 rings (SSSR count). The van der Waals surface area contributed by atoms with Gasteiger partial charge in [-0.05, 0) is 126 Å². The normalized spacial score (nSPS) is 13.5. The van der Waals surface area contributed by atoms with Crippen molar-refractivity contribution in [1.82, 2.24) is 0 Å². The predicted octanol–water partition coefficient (Wildman–Crippen LogP) is 16.2. The van der Waals surface area contributed by atoms with E-state index in [-0.39, 0.29) is 29.7 Å². The van der Waals surface area contributed by atoms with Crippen LogP contribution >= 0.6 is 0 Å². The lowest BCUT2D eigenvalue weighted by Crippen LogP contribution is -2.28. The molecule has 0 N–H and O–H groups in total. The molecule has 1 nitrogen and oxygen atoms in total. The van der Waals surface area contributed by atoms with Crippen LogP contribution in [0.25, 0.3) is 55.6 Å². The molecule has 0 amide bonds. The monoisotopic (exact) mass is 794 g/mol. The summed E-state index contributed by atoms with van der Waals surface area (Å²) in [4.78, 5) is 2.23. The maximum absolute atomic E-state index is 8.68. The van der Waals surface area contributed by atoms with Gasteiger partial charge in [-0.2, -0.15) is 0 Å². The highest BCUT2D eigenvalue weighted by atomic mass is 15.1. The average molecular weight is 795 g/mol. The minimum Gasteiger partial charge on any atom is -0.310 e. The van der Waals surface area contributed by atoms with Crippen LogP contribution in [0.15, 0.2) is 261 Å². The maximum Gasteiger partial charge on any atom is 0.0713 e. The summed E-state index contributed by atoms with van der Waals surface area (Å²) >= 11 is 0. The van der Waals surface area contributed by atoms with Crippen LogP contribution in [-0.2, 0) is 5.41 Å². The van der Waals surface area contributed by atoms with E-state index in [1.54, 1.807) is 0 Å². The van der Waals surface area contributed by atoms with Gasteiger partial charge in [0.1, 0.15) is 0 Å². The molecule has 0 spiro atoms. The molecule has 0 heterocycles. The van der Waals surface area contributed by atoms with Gasteiger partial charge in [0.2, 0.25) is 0 Å². The molecular formula is C61H43N. The molecule has 0 aliphatic heterocycles. The van der Waals surface area contributed by atoms with E-state index in [1.165, 1.54) is 33.4 Å². The minimum absolute atomic E-state index is 0.173. The minimum atomic E-state index is -0.511. The Bertz CT molecular complexity index is 3300. The van der Waals surface area contributed by atoms with E-state index < -0.39 is 11.5 Å². The van der Waals surface area contributed by atoms with Crippen LogP contribution in [0.2, 0.25) is 0 Å². The summed E-state index contributed by atoms with van der Waals surface area (Å²) in [6.45, 7) is 0. The van der Waals surface area contributed by atoms with Crippen molar-refractivity contribution in [3.8, 4) is 55.6 Å². The smallest absolute Gasteiger partial charge is 0.0713 e. The number of nitrogens with zero attached hydrogens (tertiary/aromatic N) is 1. The summed E-state index contributed by atoms with van der Waals surface area (Å²) in [6, 6.07) is 79.6. The van der Waals surface area contributed by atoms with E-state index in [0.717, 1.165) is 50.4 Å². The van der Waals surface area contributed by atoms with Crippen molar-refractivity contribution in [2.45, 2.75) is 5.41 Å². The Kier molecular flexibility index (Phi) is 8.16. The van der Waals surface area contributed by atoms with E-state index in [2.05, 4.69) is 199 Å². The van der Waals surface area contributed by atoms with Crippen LogP contribution in [-0.4, -0.2) is 0 Å². The van der Waals surface area contributed by atoms with Gasteiger partial charge in [-0.15, -0.1) is 0 Å². The highest BCUT2D eigenvalue weighted by Gasteiger charge is 2.46. The second-order valence-electron chi connectivity index (χ2n) is 15.7. The lowest BCUT2D eigenvalue weighted by molar-refractivity contribution is 0.769. The molecule has 292 valence electrons. The fourth-order valence-electron chi connectivity index (χ4n) is 9.38. The fourth-order valence-corrected chi connectivity index (χ4v) is 9.38. The lowest BCUT2D eigenvalue weighted by Gasteiger charge is -2.34. The van der Waals surface area contributed by atoms with Crippen LogP contribution < -0.4 is 4.90 Å². The van der Waals surface area contributed by atoms with Gasteiger partial charge in [0.05, 0.1) is 12.3 Å². The molecular weight excluding hydrogens is 747 g/mol. The van der Waals surface area contributed by atoms with Crippen LogP contribution in [0.1, 0.15) is 29.1 Å². The third kappa shape index (κ3) is 6.52. The molecule has 0 saturated carbocycles. The molecule has 0 fully saturated rings. The Labute approximate surface area is 371 Å². The van der Waals surface area contributed by atoms with E-state index in [1.807, 2.05) is 36.4 Å². The zero-order chi connectivity index (χ0) is 45.6. The fraction of sp³-hybridized carbons (Fsp3) is 0.0164. The highest BCUT2D eigenvalue weighted by Crippen LogP contribution is 2.56. The van der Waals surface area contributed by atoms with Crippen LogP contribution in [0.4, 0.5) is 17.1 Å². The summed E-state index contributed by atoms with van der Waals surface area (Å²) in [5.74, 6) is 0. The number of anilines is 3. The van der Waals surface area contributed by atoms with Crippen molar-refractivity contribution in [2.75, 3.05) is 4.90 Å². The molecule has 0 aromatic heterocycles. The molecule has 0 radical (unpaired) electrons. The Hall–Kier alpha value is -8.00. The molecule has 1 aliphatic rings. The summed E-state index contributed by atoms with van der Waals surface area (Å²) in [5.41, 5.74) is 16.9. The van der Waals surface area contributed by atoms with Crippen molar-refractivity contribution in [3.63, 3.8) is 0 Å². The van der Waals surface area contributed by atoms with Crippen molar-refractivity contribution in [1.29, 1.82) is 0 Å². The van der Waals surface area contributed by atoms with Crippen molar-refractivity contribution < 1.29 is 6.85 Å². The van der Waals surface area contributed by atoms with Gasteiger partial charge in [0, 0.05) is 17.1 Å². The summed E-state index contributed by atoms with van der Waals surface area (Å²) in [5, 5.41) is 0. The zero-order valence-corrected chi connectivity index (χ0v) is 33.9. The van der Waals surface area contributed by atoms with Gasteiger partial charge in [0.15, 0.2) is 0 Å². The molecule has 62 heavy (non-hydrogen) atoms. The second kappa shape index (κ2) is 15.9. The summed E-state index contributed by atoms with van der Waals surface area (Å²) < 4.78 is 42.2. The Morgan fingerprint density at radius 1 is 0.290 bits per heavy atom. The third-order valence-corrected chi connectivity index (χ3v) is 12.2. The third-order valence-electron chi connectivity index (χ3n) is 12.2. The highest BCUT2D eigenvalue weighted by molar-refractivity contribution is 5.90. The van der Waals surface area contributed by atoms with Gasteiger partial charge >= 0.3 is 0 Å². The van der Waals surface area contributed by atoms with Gasteiger partial charge < -0.3 is 4.90 Å². The quantitative estimate of drug-likeness (QED) is 0.141. The molecule has 10 aromatic rings. The lowest BCUT2D eigenvalue weighted by atomic mass is 9.67. The van der Waals surface area contributed by atoms with Gasteiger partial charge in [-0.1, -0.05) is 212 Å². The first-order valence-corrected chi connectivity index (χ1v) is 21.0. The Morgan fingerprint density at radius 3 is 1.27 bits per heavy atom. The Balaban J connectivity index is 1.06. The molecule has 0 bridgehead atoms. The number of hydrogen-bond donors (Lipinski definition) is 0. The first kappa shape index (κ1) is 31.9. The Morgan fingerprint density at radius 2 is 0.726 bits per heavy atom. The largest absolute Gasteiger partial charge is 0.310 e. The molecule has 1 aliphatic carbocycles. The summed E-state index contributed by atoms with van der Waals surface area (Å²) in [7, 11) is 0. The van der Waals surface area contributed by atoms with Crippen LogP contribution in [0, 0.1) is 0 Å². The van der Waals surface area contributed by atoms with E-state index in [9.17, 15) is 0 Å². The number of rotatable bonds is 9. The van der Waals surface area contributed by atoms with E-state index in [0.29, 0.717) is 5.56 Å². The van der Waals surface area contributed by atoms with E-state index in [4.69, 9.17) is 6.85 Å².